The number of rotatable bonds is 67. The van der Waals surface area contributed by atoms with Crippen LogP contribution >= 0.6 is 15.6 Å². The first-order valence-electron chi connectivity index (χ1n) is 36.3. The summed E-state index contributed by atoms with van der Waals surface area (Å²) in [6.07, 6.45) is 41.8. The molecule has 0 saturated heterocycles. The highest BCUT2D eigenvalue weighted by Gasteiger charge is 2.30. The minimum absolute atomic E-state index is 0.103. The number of phosphoric ester groups is 2. The number of hydrogen-bond donors (Lipinski definition) is 3. The lowest BCUT2D eigenvalue weighted by Crippen LogP contribution is -2.30. The van der Waals surface area contributed by atoms with E-state index >= 15 is 0 Å². The van der Waals surface area contributed by atoms with E-state index in [0.29, 0.717) is 31.6 Å². The minimum atomic E-state index is -4.95. The lowest BCUT2D eigenvalue weighted by molar-refractivity contribution is -0.161. The zero-order valence-electron chi connectivity index (χ0n) is 58.1. The van der Waals surface area contributed by atoms with Crippen molar-refractivity contribution in [3.63, 3.8) is 0 Å². The van der Waals surface area contributed by atoms with Gasteiger partial charge in [0.25, 0.3) is 0 Å². The van der Waals surface area contributed by atoms with Gasteiger partial charge in [-0.1, -0.05) is 293 Å². The van der Waals surface area contributed by atoms with Crippen molar-refractivity contribution in [1.82, 2.24) is 0 Å². The van der Waals surface area contributed by atoms with Crippen molar-refractivity contribution in [3.05, 3.63) is 0 Å². The Kier molecular flexibility index (Phi) is 58.5. The van der Waals surface area contributed by atoms with E-state index < -0.39 is 97.5 Å². The maximum Gasteiger partial charge on any atom is 0.472 e. The topological polar surface area (TPSA) is 237 Å². The number of unbranched alkanes of at least 4 members (excludes halogenated alkanes) is 31. The first-order chi connectivity index (χ1) is 42.7. The van der Waals surface area contributed by atoms with Gasteiger partial charge in [0.1, 0.15) is 19.3 Å². The monoisotopic (exact) mass is 1310 g/mol. The molecule has 19 heteroatoms. The van der Waals surface area contributed by atoms with Crippen LogP contribution in [0.5, 0.6) is 0 Å². The average Bonchev–Trinajstić information content (AvgIpc) is 3.70. The van der Waals surface area contributed by atoms with Gasteiger partial charge in [-0.2, -0.15) is 0 Å². The molecule has 0 aromatic rings. The van der Waals surface area contributed by atoms with Crippen LogP contribution in [-0.4, -0.2) is 96.7 Å². The molecule has 0 aliphatic carbocycles. The number of aliphatic hydroxyl groups is 1. The fraction of sp³-hybridized carbons (Fsp3) is 0.943. The number of carbonyl (C=O) groups is 4. The third-order valence-corrected chi connectivity index (χ3v) is 18.7. The van der Waals surface area contributed by atoms with Gasteiger partial charge in [-0.15, -0.1) is 0 Å². The predicted octanol–water partition coefficient (Wildman–Crippen LogP) is 19.7. The van der Waals surface area contributed by atoms with E-state index in [9.17, 15) is 43.2 Å². The molecule has 0 aromatic carbocycles. The maximum atomic E-state index is 13.0. The summed E-state index contributed by atoms with van der Waals surface area (Å²) >= 11 is 0. The van der Waals surface area contributed by atoms with Crippen LogP contribution in [0.1, 0.15) is 344 Å². The molecule has 0 rings (SSSR count). The van der Waals surface area contributed by atoms with Gasteiger partial charge in [0, 0.05) is 25.7 Å². The summed E-state index contributed by atoms with van der Waals surface area (Å²) in [5.74, 6) is 0.867. The average molecular weight is 1310 g/mol. The molecular formula is C70H136O17P2. The van der Waals surface area contributed by atoms with Crippen LogP contribution in [0.4, 0.5) is 0 Å². The Bertz CT molecular complexity index is 1770. The van der Waals surface area contributed by atoms with Crippen molar-refractivity contribution >= 4 is 39.5 Å². The van der Waals surface area contributed by atoms with Crippen molar-refractivity contribution in [2.45, 2.75) is 363 Å². The quantitative estimate of drug-likeness (QED) is 0.0222. The van der Waals surface area contributed by atoms with Crippen LogP contribution < -0.4 is 0 Å². The van der Waals surface area contributed by atoms with Gasteiger partial charge in [0.15, 0.2) is 12.2 Å². The molecule has 0 spiro atoms. The van der Waals surface area contributed by atoms with Crippen LogP contribution in [-0.2, 0) is 65.4 Å². The molecule has 5 unspecified atom stereocenters. The van der Waals surface area contributed by atoms with E-state index in [-0.39, 0.29) is 25.7 Å². The molecule has 0 fully saturated rings. The Morgan fingerprint density at radius 2 is 0.539 bits per heavy atom. The van der Waals surface area contributed by atoms with Crippen LogP contribution in [0.3, 0.4) is 0 Å². The standard InChI is InChI=1S/C70H136O17P2/c1-9-62(7)48-40-32-24-17-15-13-11-12-14-16-18-25-36-44-52-69(74)86-66(57-81-68(73)51-43-35-29-28-33-41-49-63(8)10-2)59-85-89(78,79)83-55-64(71)54-82-88(76,77)84-58-65(56-80-67(72)50-42-34-27-21-23-31-39-47-61(5)6)87-70(75)53-45-37-26-20-19-22-30-38-46-60(3)4/h60-66,71H,9-59H2,1-8H3,(H,76,77)(H,78,79)/t62?,63?,64?,65-,66-/m1/s1. The number of carbonyl (C=O) groups excluding carboxylic acids is 4. The smallest absolute Gasteiger partial charge is 0.462 e. The largest absolute Gasteiger partial charge is 0.472 e. The lowest BCUT2D eigenvalue weighted by atomic mass is 9.99. The van der Waals surface area contributed by atoms with Gasteiger partial charge in [0.2, 0.25) is 0 Å². The minimum Gasteiger partial charge on any atom is -0.462 e. The molecule has 528 valence electrons. The number of aliphatic hydroxyl groups excluding tert-OH is 1. The molecule has 0 amide bonds. The summed E-state index contributed by atoms with van der Waals surface area (Å²) in [4.78, 5) is 72.5. The van der Waals surface area contributed by atoms with Crippen molar-refractivity contribution in [1.29, 1.82) is 0 Å². The highest BCUT2D eigenvalue weighted by Crippen LogP contribution is 2.45. The van der Waals surface area contributed by atoms with Crippen LogP contribution in [0.15, 0.2) is 0 Å². The van der Waals surface area contributed by atoms with E-state index in [1.54, 1.807) is 0 Å². The SMILES string of the molecule is CCC(C)CCCCCCCCCCCCCCCCC(=O)O[C@H](COC(=O)CCCCCCCCC(C)CC)COP(=O)(O)OCC(O)COP(=O)(O)OC[C@@H](COC(=O)CCCCCCCCCC(C)C)OC(=O)CCCCCCCCCCC(C)C. The summed E-state index contributed by atoms with van der Waals surface area (Å²) in [5, 5.41) is 10.6. The molecule has 3 N–H and O–H groups in total. The van der Waals surface area contributed by atoms with Gasteiger partial charge in [0.05, 0.1) is 26.4 Å². The van der Waals surface area contributed by atoms with Gasteiger partial charge in [-0.05, 0) is 49.4 Å². The summed E-state index contributed by atoms with van der Waals surface area (Å²) in [5.41, 5.74) is 0. The summed E-state index contributed by atoms with van der Waals surface area (Å²) in [7, 11) is -9.90. The predicted molar refractivity (Wildman–Crippen MR) is 358 cm³/mol. The zero-order valence-corrected chi connectivity index (χ0v) is 59.8. The highest BCUT2D eigenvalue weighted by molar-refractivity contribution is 7.47. The summed E-state index contributed by atoms with van der Waals surface area (Å²) < 4.78 is 68.2. The number of ether oxygens (including phenoxy) is 4. The normalized spacial score (nSPS) is 14.9. The second-order valence-electron chi connectivity index (χ2n) is 26.7. The van der Waals surface area contributed by atoms with E-state index in [1.807, 2.05) is 0 Å². The molecule has 0 radical (unpaired) electrons. The van der Waals surface area contributed by atoms with Crippen molar-refractivity contribution < 1.29 is 80.2 Å². The first kappa shape index (κ1) is 87.1. The molecule has 0 saturated carbocycles. The summed E-state index contributed by atoms with van der Waals surface area (Å²) in [6.45, 7) is 14.1. The molecule has 0 aliphatic heterocycles. The van der Waals surface area contributed by atoms with E-state index in [4.69, 9.17) is 37.0 Å². The summed E-state index contributed by atoms with van der Waals surface area (Å²) in [6, 6.07) is 0. The molecule has 0 heterocycles. The van der Waals surface area contributed by atoms with Gasteiger partial charge in [-0.25, -0.2) is 9.13 Å². The van der Waals surface area contributed by atoms with Crippen molar-refractivity contribution in [3.8, 4) is 0 Å². The van der Waals surface area contributed by atoms with Gasteiger partial charge < -0.3 is 33.8 Å². The van der Waals surface area contributed by atoms with E-state index in [2.05, 4.69) is 55.4 Å². The van der Waals surface area contributed by atoms with E-state index in [0.717, 1.165) is 120 Å². The Labute approximate surface area is 543 Å². The Balaban J connectivity index is 5.22. The number of phosphoric acid groups is 2. The second kappa shape index (κ2) is 59.8. The Morgan fingerprint density at radius 3 is 0.798 bits per heavy atom. The fourth-order valence-corrected chi connectivity index (χ4v) is 12.0. The molecule has 17 nitrogen and oxygen atoms in total. The first-order valence-corrected chi connectivity index (χ1v) is 39.3. The van der Waals surface area contributed by atoms with Crippen LogP contribution in [0.25, 0.3) is 0 Å². The van der Waals surface area contributed by atoms with Crippen molar-refractivity contribution in [2.75, 3.05) is 39.6 Å². The third kappa shape index (κ3) is 62.0. The van der Waals surface area contributed by atoms with Crippen LogP contribution in [0.2, 0.25) is 0 Å². The van der Waals surface area contributed by atoms with Crippen LogP contribution in [0, 0.1) is 23.7 Å². The molecule has 0 aromatic heterocycles. The second-order valence-corrected chi connectivity index (χ2v) is 29.6. The van der Waals surface area contributed by atoms with E-state index in [1.165, 1.54) is 135 Å². The molecular weight excluding hydrogens is 1170 g/mol. The molecule has 89 heavy (non-hydrogen) atoms. The number of esters is 4. The maximum absolute atomic E-state index is 13.0. The third-order valence-electron chi connectivity index (χ3n) is 16.8. The van der Waals surface area contributed by atoms with Gasteiger partial charge in [-0.3, -0.25) is 37.3 Å². The molecule has 7 atom stereocenters. The Hall–Kier alpha value is -1.94. The van der Waals surface area contributed by atoms with Crippen molar-refractivity contribution in [2.24, 2.45) is 23.7 Å². The zero-order chi connectivity index (χ0) is 66.1. The molecule has 0 aliphatic rings. The highest BCUT2D eigenvalue weighted by atomic mass is 31.2. The van der Waals surface area contributed by atoms with Gasteiger partial charge >= 0.3 is 39.5 Å². The molecule has 0 bridgehead atoms. The lowest BCUT2D eigenvalue weighted by Gasteiger charge is -2.21. The number of hydrogen-bond acceptors (Lipinski definition) is 15. The Morgan fingerprint density at radius 1 is 0.315 bits per heavy atom. The fourth-order valence-electron chi connectivity index (χ4n) is 10.4.